The molecule has 0 amide bonds. The summed E-state index contributed by atoms with van der Waals surface area (Å²) in [5.41, 5.74) is 1.87. The molecule has 3 aromatic rings. The fraction of sp³-hybridized carbons (Fsp3) is 0.368. The van der Waals surface area contributed by atoms with Crippen LogP contribution in [0.15, 0.2) is 46.8 Å². The van der Waals surface area contributed by atoms with Crippen molar-refractivity contribution in [3.05, 3.63) is 58.0 Å². The van der Waals surface area contributed by atoms with Crippen LogP contribution in [0.5, 0.6) is 5.75 Å². The second-order valence-corrected chi connectivity index (χ2v) is 7.99. The zero-order valence-corrected chi connectivity index (χ0v) is 15.4. The van der Waals surface area contributed by atoms with Crippen molar-refractivity contribution >= 4 is 21.6 Å². The molecule has 132 valence electrons. The van der Waals surface area contributed by atoms with Crippen molar-refractivity contribution in [3.8, 4) is 5.75 Å². The van der Waals surface area contributed by atoms with Crippen molar-refractivity contribution in [1.29, 1.82) is 0 Å². The molecule has 1 N–H and O–H groups in total. The van der Waals surface area contributed by atoms with Gasteiger partial charge in [-0.05, 0) is 34.6 Å². The van der Waals surface area contributed by atoms with E-state index in [-0.39, 0.29) is 24.1 Å². The van der Waals surface area contributed by atoms with Crippen LogP contribution in [0.25, 0.3) is 10.2 Å². The summed E-state index contributed by atoms with van der Waals surface area (Å²) in [5, 5.41) is 12.0. The first-order chi connectivity index (χ1) is 11.8. The molecule has 25 heavy (non-hydrogen) atoms. The maximum atomic E-state index is 12.3. The number of ether oxygens (including phenoxy) is 1. The molecule has 0 aliphatic rings. The number of aromatic nitrogens is 2. The Bertz CT molecular complexity index is 907. The molecule has 1 atom stereocenters. The molecule has 3 rings (SSSR count). The first-order valence-corrected chi connectivity index (χ1v) is 9.06. The Balaban J connectivity index is 1.61. The summed E-state index contributed by atoms with van der Waals surface area (Å²) < 4.78 is 7.67. The third-order valence-electron chi connectivity index (χ3n) is 4.01. The maximum absolute atomic E-state index is 12.3. The molecule has 1 aromatic carbocycles. The van der Waals surface area contributed by atoms with Crippen molar-refractivity contribution in [2.24, 2.45) is 0 Å². The van der Waals surface area contributed by atoms with Crippen molar-refractivity contribution < 1.29 is 9.84 Å². The summed E-state index contributed by atoms with van der Waals surface area (Å²) in [4.78, 5) is 16.5. The van der Waals surface area contributed by atoms with Gasteiger partial charge in [0.25, 0.3) is 5.56 Å². The van der Waals surface area contributed by atoms with Crippen LogP contribution in [-0.4, -0.2) is 27.4 Å². The number of aliphatic hydroxyl groups is 1. The lowest BCUT2D eigenvalue weighted by Crippen LogP contribution is -2.30. The Kier molecular flexibility index (Phi) is 4.92. The Labute approximate surface area is 150 Å². The quantitative estimate of drug-likeness (QED) is 0.761. The molecular weight excluding hydrogens is 336 g/mol. The van der Waals surface area contributed by atoms with Crippen LogP contribution in [0.3, 0.4) is 0 Å². The predicted molar refractivity (Wildman–Crippen MR) is 101 cm³/mol. The highest BCUT2D eigenvalue weighted by Gasteiger charge is 2.14. The molecule has 0 bridgehead atoms. The van der Waals surface area contributed by atoms with Gasteiger partial charge in [-0.1, -0.05) is 32.9 Å². The van der Waals surface area contributed by atoms with Gasteiger partial charge in [-0.3, -0.25) is 9.36 Å². The summed E-state index contributed by atoms with van der Waals surface area (Å²) in [5.74, 6) is 0.700. The average molecular weight is 358 g/mol. The van der Waals surface area contributed by atoms with E-state index < -0.39 is 6.10 Å². The highest BCUT2D eigenvalue weighted by molar-refractivity contribution is 7.17. The molecule has 0 unspecified atom stereocenters. The monoisotopic (exact) mass is 358 g/mol. The lowest BCUT2D eigenvalue weighted by Gasteiger charge is -2.19. The van der Waals surface area contributed by atoms with E-state index in [9.17, 15) is 9.90 Å². The van der Waals surface area contributed by atoms with Crippen molar-refractivity contribution in [2.75, 3.05) is 6.61 Å². The van der Waals surface area contributed by atoms with Gasteiger partial charge in [0, 0.05) is 0 Å². The van der Waals surface area contributed by atoms with E-state index in [1.807, 2.05) is 35.7 Å². The van der Waals surface area contributed by atoms with Gasteiger partial charge in [0.15, 0.2) is 0 Å². The normalized spacial score (nSPS) is 13.1. The van der Waals surface area contributed by atoms with Gasteiger partial charge in [0.2, 0.25) is 0 Å². The molecule has 2 aromatic heterocycles. The Morgan fingerprint density at radius 1 is 1.24 bits per heavy atom. The van der Waals surface area contributed by atoms with Gasteiger partial charge < -0.3 is 9.84 Å². The van der Waals surface area contributed by atoms with Crippen LogP contribution in [0.1, 0.15) is 26.3 Å². The average Bonchev–Trinajstić information content (AvgIpc) is 3.05. The van der Waals surface area contributed by atoms with E-state index >= 15 is 0 Å². The highest BCUT2D eigenvalue weighted by atomic mass is 32.1. The molecular formula is C19H22N2O3S. The smallest absolute Gasteiger partial charge is 0.271 e. The minimum Gasteiger partial charge on any atom is -0.491 e. The van der Waals surface area contributed by atoms with Crippen LogP contribution < -0.4 is 10.3 Å². The zero-order chi connectivity index (χ0) is 18.0. The summed E-state index contributed by atoms with van der Waals surface area (Å²) in [6, 6.07) is 9.67. The fourth-order valence-corrected chi connectivity index (χ4v) is 3.32. The minimum atomic E-state index is -0.792. The number of rotatable bonds is 5. The Hall–Kier alpha value is -2.18. The highest BCUT2D eigenvalue weighted by Crippen LogP contribution is 2.24. The molecule has 0 spiro atoms. The molecule has 6 heteroatoms. The molecule has 2 heterocycles. The van der Waals surface area contributed by atoms with E-state index in [0.717, 1.165) is 0 Å². The fourth-order valence-electron chi connectivity index (χ4n) is 2.53. The van der Waals surface area contributed by atoms with E-state index in [0.29, 0.717) is 16.0 Å². The molecule has 0 saturated heterocycles. The number of fused-ring (bicyclic) bond motifs is 1. The predicted octanol–water partition coefficient (Wildman–Crippen LogP) is 3.20. The molecule has 0 radical (unpaired) electrons. The van der Waals surface area contributed by atoms with Crippen LogP contribution in [0, 0.1) is 0 Å². The molecule has 0 aliphatic carbocycles. The van der Waals surface area contributed by atoms with Gasteiger partial charge in [-0.2, -0.15) is 0 Å². The standard InChI is InChI=1S/C19H22N2O3S/c1-19(2,3)13-4-6-15(7-5-13)24-11-14(22)10-21-12-20-16-8-9-25-17(16)18(21)23/h4-9,12,14,22H,10-11H2,1-3H3/t14-/m1/s1. The number of aliphatic hydroxyl groups excluding tert-OH is 1. The van der Waals surface area contributed by atoms with Crippen molar-refractivity contribution in [3.63, 3.8) is 0 Å². The lowest BCUT2D eigenvalue weighted by molar-refractivity contribution is 0.0915. The molecule has 0 fully saturated rings. The number of benzene rings is 1. The number of thiophene rings is 1. The topological polar surface area (TPSA) is 64.3 Å². The van der Waals surface area contributed by atoms with E-state index in [2.05, 4.69) is 25.8 Å². The third-order valence-corrected chi connectivity index (χ3v) is 4.90. The SMILES string of the molecule is CC(C)(C)c1ccc(OC[C@H](O)Cn2cnc3ccsc3c2=O)cc1. The molecule has 0 saturated carbocycles. The van der Waals surface area contributed by atoms with Crippen LogP contribution in [0.4, 0.5) is 0 Å². The lowest BCUT2D eigenvalue weighted by atomic mass is 9.87. The van der Waals surface area contributed by atoms with E-state index in [1.165, 1.54) is 27.8 Å². The second-order valence-electron chi connectivity index (χ2n) is 7.08. The summed E-state index contributed by atoms with van der Waals surface area (Å²) in [6.07, 6.45) is 0.679. The van der Waals surface area contributed by atoms with Crippen LogP contribution in [0.2, 0.25) is 0 Å². The summed E-state index contributed by atoms with van der Waals surface area (Å²) in [7, 11) is 0. The third kappa shape index (κ3) is 4.08. The number of hydrogen-bond acceptors (Lipinski definition) is 5. The molecule has 5 nitrogen and oxygen atoms in total. The van der Waals surface area contributed by atoms with E-state index in [1.54, 1.807) is 0 Å². The van der Waals surface area contributed by atoms with Crippen molar-refractivity contribution in [1.82, 2.24) is 9.55 Å². The minimum absolute atomic E-state index is 0.0899. The maximum Gasteiger partial charge on any atom is 0.271 e. The Morgan fingerprint density at radius 3 is 2.64 bits per heavy atom. The summed E-state index contributed by atoms with van der Waals surface area (Å²) in [6.45, 7) is 6.73. The number of hydrogen-bond donors (Lipinski definition) is 1. The van der Waals surface area contributed by atoms with Crippen LogP contribution >= 0.6 is 11.3 Å². The molecule has 0 aliphatic heterocycles. The first-order valence-electron chi connectivity index (χ1n) is 8.18. The van der Waals surface area contributed by atoms with Gasteiger partial charge in [0.1, 0.15) is 23.2 Å². The van der Waals surface area contributed by atoms with Gasteiger partial charge >= 0.3 is 0 Å². The van der Waals surface area contributed by atoms with Gasteiger partial charge in [-0.25, -0.2) is 4.98 Å². The van der Waals surface area contributed by atoms with Gasteiger partial charge in [-0.15, -0.1) is 11.3 Å². The van der Waals surface area contributed by atoms with Crippen LogP contribution in [-0.2, 0) is 12.0 Å². The number of nitrogens with zero attached hydrogens (tertiary/aromatic N) is 2. The van der Waals surface area contributed by atoms with E-state index in [4.69, 9.17) is 4.74 Å². The first kappa shape index (κ1) is 17.6. The summed E-state index contributed by atoms with van der Waals surface area (Å²) >= 11 is 1.36. The largest absolute Gasteiger partial charge is 0.491 e. The van der Waals surface area contributed by atoms with Crippen molar-refractivity contribution in [2.45, 2.75) is 38.8 Å². The zero-order valence-electron chi connectivity index (χ0n) is 14.6. The Morgan fingerprint density at radius 2 is 1.96 bits per heavy atom. The second kappa shape index (κ2) is 6.98. The van der Waals surface area contributed by atoms with Gasteiger partial charge in [0.05, 0.1) is 18.4 Å².